The maximum absolute atomic E-state index is 3.48. The first-order valence-corrected chi connectivity index (χ1v) is 1.52. The monoisotopic (exact) mass is 69.1 g/mol. The quantitative estimate of drug-likeness (QED) is 0.412. The average molecular weight is 69.1 g/mol. The fourth-order valence-electron chi connectivity index (χ4n) is 0. The summed E-state index contributed by atoms with van der Waals surface area (Å²) in [6.07, 6.45) is 2.96. The number of hydrogen-bond donors (Lipinski definition) is 0. The molecule has 0 nitrogen and oxygen atoms in total. The molecule has 29 valence electrons. The van der Waals surface area contributed by atoms with Gasteiger partial charge in [-0.05, 0) is 13.8 Å². The normalized spacial score (nSPS) is 5.00. The molecule has 0 aliphatic rings. The van der Waals surface area contributed by atoms with Crippen molar-refractivity contribution in [3.63, 3.8) is 0 Å². The first kappa shape index (κ1) is 8.83. The lowest BCUT2D eigenvalue weighted by Crippen LogP contribution is -1.36. The zero-order chi connectivity index (χ0) is 3.41. The molecule has 0 aromatic heterocycles. The summed E-state index contributed by atoms with van der Waals surface area (Å²) in [6, 6.07) is 0. The van der Waals surface area contributed by atoms with Crippen LogP contribution in [-0.4, -0.2) is 0 Å². The van der Waals surface area contributed by atoms with Crippen LogP contribution in [0.5, 0.6) is 0 Å². The van der Waals surface area contributed by atoms with Crippen LogP contribution in [-0.2, 0) is 0 Å². The highest BCUT2D eigenvalue weighted by Crippen LogP contribution is 1.66. The Bertz CT molecular complexity index is 14.0. The molecular formula is C5H9. The van der Waals surface area contributed by atoms with Gasteiger partial charge in [0.05, 0.1) is 0 Å². The van der Waals surface area contributed by atoms with Crippen molar-refractivity contribution in [2.75, 3.05) is 0 Å². The second-order valence-electron chi connectivity index (χ2n) is 0.697. The van der Waals surface area contributed by atoms with E-state index < -0.39 is 0 Å². The van der Waals surface area contributed by atoms with Crippen molar-refractivity contribution in [2.24, 2.45) is 0 Å². The fourth-order valence-corrected chi connectivity index (χ4v) is 0. The Hall–Kier alpha value is -0.260. The lowest BCUT2D eigenvalue weighted by Gasteiger charge is -1.57. The SMILES string of the molecule is C=CCC.[CH]. The topological polar surface area (TPSA) is 0 Å². The number of hydrogen-bond acceptors (Lipinski definition) is 0. The molecule has 0 unspecified atom stereocenters. The molecule has 0 atom stereocenters. The molecule has 0 fully saturated rings. The molecule has 0 aliphatic heterocycles. The molecule has 0 N–H and O–H groups in total. The molecule has 3 radical (unpaired) electrons. The van der Waals surface area contributed by atoms with Crippen molar-refractivity contribution < 1.29 is 0 Å². The van der Waals surface area contributed by atoms with Crippen molar-refractivity contribution in [2.45, 2.75) is 13.3 Å². The molecule has 0 aliphatic carbocycles. The van der Waals surface area contributed by atoms with Crippen LogP contribution < -0.4 is 0 Å². The van der Waals surface area contributed by atoms with Crippen LogP contribution in [0, 0.1) is 7.43 Å². The highest BCUT2D eigenvalue weighted by atomic mass is 13.5. The van der Waals surface area contributed by atoms with Crippen molar-refractivity contribution in [1.29, 1.82) is 0 Å². The minimum atomic E-state index is 0. The van der Waals surface area contributed by atoms with Gasteiger partial charge in [0.25, 0.3) is 0 Å². The van der Waals surface area contributed by atoms with Crippen LogP contribution >= 0.6 is 0 Å². The molecule has 0 amide bonds. The van der Waals surface area contributed by atoms with Gasteiger partial charge in [-0.3, -0.25) is 0 Å². The highest BCUT2D eigenvalue weighted by molar-refractivity contribution is 4.60. The van der Waals surface area contributed by atoms with E-state index in [4.69, 9.17) is 0 Å². The second kappa shape index (κ2) is 9.27. The fraction of sp³-hybridized carbons (Fsp3) is 0.400. The average Bonchev–Trinajstić information content (AvgIpc) is 1.37. The Morgan fingerprint density at radius 3 is 2.00 bits per heavy atom. The Kier molecular flexibility index (Phi) is 16.4. The summed E-state index contributed by atoms with van der Waals surface area (Å²) in [7, 11) is 0. The summed E-state index contributed by atoms with van der Waals surface area (Å²) in [6.45, 7) is 5.54. The zero-order valence-electron chi connectivity index (χ0n) is 3.57. The third-order valence-corrected chi connectivity index (χ3v) is 0.289. The predicted octanol–water partition coefficient (Wildman–Crippen LogP) is 1.79. The largest absolute Gasteiger partial charge is 0.103 e. The molecule has 0 rings (SSSR count). The molecule has 0 aromatic carbocycles. The van der Waals surface area contributed by atoms with E-state index in [2.05, 4.69) is 13.5 Å². The minimum absolute atomic E-state index is 0. The van der Waals surface area contributed by atoms with Gasteiger partial charge in [0, 0.05) is 0 Å². The summed E-state index contributed by atoms with van der Waals surface area (Å²) in [5.74, 6) is 0. The van der Waals surface area contributed by atoms with E-state index in [0.717, 1.165) is 6.42 Å². The van der Waals surface area contributed by atoms with Crippen molar-refractivity contribution in [3.05, 3.63) is 20.1 Å². The smallest absolute Gasteiger partial charge is 0.0312 e. The molecule has 5 heavy (non-hydrogen) atoms. The molecule has 0 heterocycles. The van der Waals surface area contributed by atoms with E-state index in [-0.39, 0.29) is 7.43 Å². The standard InChI is InChI=1S/C4H8.CH/c1-3-4-2;/h3H,1,4H2,2H3;1H. The van der Waals surface area contributed by atoms with E-state index in [0.29, 0.717) is 0 Å². The number of allylic oxidation sites excluding steroid dienone is 1. The van der Waals surface area contributed by atoms with E-state index in [1.807, 2.05) is 6.08 Å². The van der Waals surface area contributed by atoms with Gasteiger partial charge in [0.1, 0.15) is 0 Å². The van der Waals surface area contributed by atoms with Crippen LogP contribution in [0.1, 0.15) is 13.3 Å². The number of rotatable bonds is 1. The first-order chi connectivity index (χ1) is 1.91. The van der Waals surface area contributed by atoms with E-state index in [9.17, 15) is 0 Å². The minimum Gasteiger partial charge on any atom is -0.103 e. The van der Waals surface area contributed by atoms with Gasteiger partial charge in [0.2, 0.25) is 0 Å². The zero-order valence-corrected chi connectivity index (χ0v) is 3.57. The van der Waals surface area contributed by atoms with Crippen LogP contribution in [0.4, 0.5) is 0 Å². The molecule has 0 saturated carbocycles. The molecule has 0 saturated heterocycles. The van der Waals surface area contributed by atoms with E-state index in [1.165, 1.54) is 0 Å². The van der Waals surface area contributed by atoms with E-state index in [1.54, 1.807) is 0 Å². The Morgan fingerprint density at radius 1 is 1.80 bits per heavy atom. The summed E-state index contributed by atoms with van der Waals surface area (Å²) in [5.41, 5.74) is 0. The molecular weight excluding hydrogens is 60.1 g/mol. The third-order valence-electron chi connectivity index (χ3n) is 0.289. The van der Waals surface area contributed by atoms with Gasteiger partial charge < -0.3 is 0 Å². The van der Waals surface area contributed by atoms with E-state index >= 15 is 0 Å². The Labute approximate surface area is 34.5 Å². The summed E-state index contributed by atoms with van der Waals surface area (Å²) in [5, 5.41) is 0. The highest BCUT2D eigenvalue weighted by Gasteiger charge is 1.45. The molecule has 0 aromatic rings. The first-order valence-electron chi connectivity index (χ1n) is 1.52. The van der Waals surface area contributed by atoms with Gasteiger partial charge in [-0.1, -0.05) is 13.0 Å². The van der Waals surface area contributed by atoms with Gasteiger partial charge >= 0.3 is 0 Å². The van der Waals surface area contributed by atoms with Gasteiger partial charge in [-0.2, -0.15) is 0 Å². The van der Waals surface area contributed by atoms with Crippen molar-refractivity contribution >= 4 is 0 Å². The summed E-state index contributed by atoms with van der Waals surface area (Å²) < 4.78 is 0. The molecule has 0 spiro atoms. The lowest BCUT2D eigenvalue weighted by atomic mass is 10.5. The van der Waals surface area contributed by atoms with Gasteiger partial charge in [-0.25, -0.2) is 0 Å². The van der Waals surface area contributed by atoms with Crippen LogP contribution in [0.2, 0.25) is 0 Å². The van der Waals surface area contributed by atoms with Crippen LogP contribution in [0.15, 0.2) is 12.7 Å². The molecule has 0 bridgehead atoms. The van der Waals surface area contributed by atoms with Crippen LogP contribution in [0.3, 0.4) is 0 Å². The molecule has 0 heteroatoms. The van der Waals surface area contributed by atoms with Crippen LogP contribution in [0.25, 0.3) is 0 Å². The Morgan fingerprint density at radius 2 is 2.00 bits per heavy atom. The second-order valence-corrected chi connectivity index (χ2v) is 0.697. The predicted molar refractivity (Wildman–Crippen MR) is 24.8 cm³/mol. The maximum Gasteiger partial charge on any atom is -0.0312 e. The van der Waals surface area contributed by atoms with Gasteiger partial charge in [-0.15, -0.1) is 6.58 Å². The Balaban J connectivity index is 0. The third kappa shape index (κ3) is 20.7. The summed E-state index contributed by atoms with van der Waals surface area (Å²) >= 11 is 0. The lowest BCUT2D eigenvalue weighted by molar-refractivity contribution is 1.23. The maximum atomic E-state index is 3.48. The van der Waals surface area contributed by atoms with Gasteiger partial charge in [0.15, 0.2) is 0 Å². The van der Waals surface area contributed by atoms with Crippen molar-refractivity contribution in [3.8, 4) is 0 Å². The van der Waals surface area contributed by atoms with Crippen molar-refractivity contribution in [1.82, 2.24) is 0 Å². The summed E-state index contributed by atoms with van der Waals surface area (Å²) in [4.78, 5) is 0.